The Morgan fingerprint density at radius 1 is 0.958 bits per heavy atom. The van der Waals surface area contributed by atoms with Crippen LogP contribution in [0, 0.1) is 10.1 Å². The van der Waals surface area contributed by atoms with Crippen molar-refractivity contribution in [1.29, 1.82) is 0 Å². The van der Waals surface area contributed by atoms with Crippen LogP contribution in [0.1, 0.15) is 34.1 Å². The van der Waals surface area contributed by atoms with Crippen molar-refractivity contribution in [2.75, 3.05) is 13.7 Å². The topological polar surface area (TPSA) is 229 Å². The van der Waals surface area contributed by atoms with Gasteiger partial charge in [0.1, 0.15) is 18.2 Å². The Morgan fingerprint density at radius 2 is 1.60 bits per heavy atom. The van der Waals surface area contributed by atoms with Gasteiger partial charge in [-0.05, 0) is 29.3 Å². The molecular formula is C32H33N4NaO11. The average Bonchev–Trinajstić information content (AvgIpc) is 3.07. The van der Waals surface area contributed by atoms with Crippen molar-refractivity contribution in [3.8, 4) is 11.1 Å². The summed E-state index contributed by atoms with van der Waals surface area (Å²) in [4.78, 5) is 60.9. The van der Waals surface area contributed by atoms with E-state index in [4.69, 9.17) is 9.47 Å². The molecule has 0 aliphatic carbocycles. The number of methoxy groups -OCH3 is 1. The van der Waals surface area contributed by atoms with E-state index in [1.54, 1.807) is 24.3 Å². The first-order valence-electron chi connectivity index (χ1n) is 14.4. The summed E-state index contributed by atoms with van der Waals surface area (Å²) in [6.07, 6.45) is -6.10. The van der Waals surface area contributed by atoms with Crippen molar-refractivity contribution in [3.05, 3.63) is 100 Å². The molecule has 3 amide bonds. The van der Waals surface area contributed by atoms with E-state index in [0.29, 0.717) is 0 Å². The molecule has 5 N–H and O–H groups in total. The minimum atomic E-state index is -2.56. The third kappa shape index (κ3) is 9.02. The number of nitrogens with zero attached hydrogens (tertiary/aromatic N) is 1. The van der Waals surface area contributed by atoms with Gasteiger partial charge >= 0.3 is 29.6 Å². The van der Waals surface area contributed by atoms with E-state index in [-0.39, 0.29) is 46.4 Å². The van der Waals surface area contributed by atoms with Gasteiger partial charge in [-0.2, -0.15) is 0 Å². The van der Waals surface area contributed by atoms with Crippen LogP contribution in [0.5, 0.6) is 0 Å². The Labute approximate surface area is 297 Å². The van der Waals surface area contributed by atoms with Gasteiger partial charge in [-0.25, -0.2) is 0 Å². The van der Waals surface area contributed by atoms with Gasteiger partial charge in [0.15, 0.2) is 0 Å². The quantitative estimate of drug-likeness (QED) is 0.0735. The number of nitro groups is 1. The molecule has 4 rings (SSSR count). The molecule has 0 unspecified atom stereocenters. The summed E-state index contributed by atoms with van der Waals surface area (Å²) in [7, 11) is 0.983. The van der Waals surface area contributed by atoms with E-state index in [9.17, 15) is 44.6 Å². The third-order valence-electron chi connectivity index (χ3n) is 7.71. The largest absolute Gasteiger partial charge is 1.00 e. The van der Waals surface area contributed by atoms with Crippen LogP contribution >= 0.6 is 0 Å². The number of amides is 3. The van der Waals surface area contributed by atoms with Crippen molar-refractivity contribution < 1.29 is 78.5 Å². The molecule has 248 valence electrons. The average molecular weight is 673 g/mol. The number of hydrogen-bond donors (Lipinski definition) is 5. The number of aliphatic carboxylic acids is 1. The van der Waals surface area contributed by atoms with Crippen LogP contribution in [0.15, 0.2) is 78.9 Å². The number of nitrogens with one attached hydrogen (secondary N) is 3. The summed E-state index contributed by atoms with van der Waals surface area (Å²) < 4.78 is 10.8. The van der Waals surface area contributed by atoms with E-state index >= 15 is 0 Å². The molecule has 1 fully saturated rings. The van der Waals surface area contributed by atoms with E-state index in [1.807, 2.05) is 30.3 Å². The van der Waals surface area contributed by atoms with Crippen molar-refractivity contribution >= 4 is 29.4 Å². The monoisotopic (exact) mass is 672 g/mol. The molecule has 1 saturated heterocycles. The van der Waals surface area contributed by atoms with Gasteiger partial charge in [0, 0.05) is 50.3 Å². The minimum Gasteiger partial charge on any atom is -0.544 e. The molecule has 0 saturated carbocycles. The van der Waals surface area contributed by atoms with Crippen LogP contribution in [-0.2, 0) is 19.1 Å². The van der Waals surface area contributed by atoms with Crippen LogP contribution in [0.25, 0.3) is 11.1 Å². The molecule has 0 aromatic heterocycles. The molecule has 0 spiro atoms. The molecule has 0 radical (unpaired) electrons. The predicted octanol–water partition coefficient (Wildman–Crippen LogP) is -3.10. The fourth-order valence-electron chi connectivity index (χ4n) is 5.27. The van der Waals surface area contributed by atoms with Gasteiger partial charge in [0.05, 0.1) is 23.1 Å². The molecule has 15 nitrogen and oxygen atoms in total. The zero-order valence-electron chi connectivity index (χ0n) is 26.3. The molecular weight excluding hydrogens is 639 g/mol. The van der Waals surface area contributed by atoms with Crippen LogP contribution < -0.4 is 50.6 Å². The van der Waals surface area contributed by atoms with Gasteiger partial charge in [-0.1, -0.05) is 48.5 Å². The summed E-state index contributed by atoms with van der Waals surface area (Å²) in [6, 6.07) is 18.2. The number of carboxylic acids is 1. The smallest absolute Gasteiger partial charge is 0.544 e. The summed E-state index contributed by atoms with van der Waals surface area (Å²) in [5, 5.41) is 53.1. The molecule has 3 aromatic rings. The van der Waals surface area contributed by atoms with E-state index < -0.39 is 77.8 Å². The number of aliphatic hydroxyl groups is 2. The zero-order chi connectivity index (χ0) is 34.3. The number of non-ortho nitro benzene ring substituents is 1. The fraction of sp³-hybridized carbons (Fsp3) is 0.312. The van der Waals surface area contributed by atoms with Gasteiger partial charge in [-0.3, -0.25) is 24.5 Å². The standard InChI is InChI=1S/C32H34N4O11.Na/c1-18(37)34-26-24(35-30(41)22-9-6-10-23(15-22)36(44)45)16-32(46-2,31(42)43)47-28(26)27(39)25(38)17-33-29(40)21-13-11-20(12-14-21)19-7-4-3-5-8-19;/h3-15,24-28,38-39H,16-17H2,1-2H3,(H,33,40)(H,34,37)(H,35,41)(H,42,43);/q;+1/p-1/t24-,25+,26+,27+,28+,32+;/m0./s1. The third-order valence-corrected chi connectivity index (χ3v) is 7.71. The molecule has 16 heteroatoms. The van der Waals surface area contributed by atoms with Crippen LogP contribution in [0.3, 0.4) is 0 Å². The number of hydrogen-bond acceptors (Lipinski definition) is 11. The molecule has 3 aromatic carbocycles. The number of carbonyl (C=O) groups excluding carboxylic acids is 4. The van der Waals surface area contributed by atoms with Crippen LogP contribution in [0.4, 0.5) is 5.69 Å². The Morgan fingerprint density at radius 3 is 2.19 bits per heavy atom. The molecule has 1 aliphatic rings. The summed E-state index contributed by atoms with van der Waals surface area (Å²) in [5.74, 6) is -6.56. The number of nitro benzene ring substituents is 1. The Balaban J connectivity index is 0.00000625. The van der Waals surface area contributed by atoms with Gasteiger partial charge < -0.3 is 45.5 Å². The molecule has 0 bridgehead atoms. The van der Waals surface area contributed by atoms with E-state index in [2.05, 4.69) is 16.0 Å². The number of rotatable bonds is 12. The van der Waals surface area contributed by atoms with E-state index in [0.717, 1.165) is 31.2 Å². The number of aliphatic hydroxyl groups excluding tert-OH is 2. The molecule has 48 heavy (non-hydrogen) atoms. The maximum atomic E-state index is 13.2. The van der Waals surface area contributed by atoms with Crippen molar-refractivity contribution in [2.45, 2.75) is 49.5 Å². The maximum Gasteiger partial charge on any atom is 1.00 e. The van der Waals surface area contributed by atoms with Crippen molar-refractivity contribution in [3.63, 3.8) is 0 Å². The minimum absolute atomic E-state index is 0. The van der Waals surface area contributed by atoms with Gasteiger partial charge in [-0.15, -0.1) is 0 Å². The fourth-order valence-corrected chi connectivity index (χ4v) is 5.27. The first kappa shape index (κ1) is 38.2. The zero-order valence-corrected chi connectivity index (χ0v) is 28.3. The van der Waals surface area contributed by atoms with Crippen LogP contribution in [0.2, 0.25) is 0 Å². The maximum absolute atomic E-state index is 13.2. The number of carbonyl (C=O) groups is 4. The number of ether oxygens (including phenoxy) is 2. The number of carboxylic acid groups (broad SMARTS) is 1. The normalized spacial score (nSPS) is 21.5. The summed E-state index contributed by atoms with van der Waals surface area (Å²) in [6.45, 7) is 0.600. The Hall–Kier alpha value is -4.22. The SMILES string of the molecule is CO[C@]1(C(=O)[O-])C[C@H](NC(=O)c2cccc([N+](=O)[O-])c2)[C@@H](NC(C)=O)[C@H]([C@H](O)[C@H](O)CNC(=O)c2ccc(-c3ccccc3)cc2)O1.[Na+]. The van der Waals surface area contributed by atoms with Crippen molar-refractivity contribution in [1.82, 2.24) is 16.0 Å². The second-order valence-electron chi connectivity index (χ2n) is 10.9. The first-order valence-corrected chi connectivity index (χ1v) is 14.4. The number of benzene rings is 3. The van der Waals surface area contributed by atoms with Crippen molar-refractivity contribution in [2.24, 2.45) is 0 Å². The van der Waals surface area contributed by atoms with Gasteiger partial charge in [0.25, 0.3) is 17.5 Å². The Bertz CT molecular complexity index is 1630. The molecule has 6 atom stereocenters. The van der Waals surface area contributed by atoms with Gasteiger partial charge in [0.2, 0.25) is 11.7 Å². The second kappa shape index (κ2) is 16.7. The molecule has 1 heterocycles. The summed E-state index contributed by atoms with van der Waals surface area (Å²) >= 11 is 0. The summed E-state index contributed by atoms with van der Waals surface area (Å²) in [5.41, 5.74) is 1.55. The first-order chi connectivity index (χ1) is 22.3. The molecule has 1 aliphatic heterocycles. The Kier molecular flexibility index (Phi) is 13.3. The second-order valence-corrected chi connectivity index (χ2v) is 10.9. The predicted molar refractivity (Wildman–Crippen MR) is 162 cm³/mol. The van der Waals surface area contributed by atoms with Crippen LogP contribution in [-0.4, -0.2) is 88.7 Å². The van der Waals surface area contributed by atoms with E-state index in [1.165, 1.54) is 18.2 Å².